The van der Waals surface area contributed by atoms with Gasteiger partial charge in [0.1, 0.15) is 0 Å². The van der Waals surface area contributed by atoms with Gasteiger partial charge in [-0.3, -0.25) is 4.90 Å². The predicted molar refractivity (Wildman–Crippen MR) is 56.0 cm³/mol. The van der Waals surface area contributed by atoms with Crippen molar-refractivity contribution in [3.05, 3.63) is 0 Å². The van der Waals surface area contributed by atoms with Crippen LogP contribution in [0.2, 0.25) is 0 Å². The Labute approximate surface area is 82.3 Å². The van der Waals surface area contributed by atoms with Crippen molar-refractivity contribution in [1.29, 1.82) is 0 Å². The molecule has 2 nitrogen and oxygen atoms in total. The van der Waals surface area contributed by atoms with E-state index in [9.17, 15) is 0 Å². The fourth-order valence-corrected chi connectivity index (χ4v) is 2.25. The Morgan fingerprint density at radius 3 is 2.38 bits per heavy atom. The van der Waals surface area contributed by atoms with Crippen LogP contribution in [0, 0.1) is 0 Å². The van der Waals surface area contributed by atoms with E-state index in [1.807, 2.05) is 0 Å². The minimum atomic E-state index is 0.277. The third kappa shape index (κ3) is 2.44. The van der Waals surface area contributed by atoms with Gasteiger partial charge in [0.2, 0.25) is 0 Å². The van der Waals surface area contributed by atoms with E-state index in [0.717, 1.165) is 13.2 Å². The number of ether oxygens (including phenoxy) is 1. The van der Waals surface area contributed by atoms with E-state index >= 15 is 0 Å². The number of morpholine rings is 1. The van der Waals surface area contributed by atoms with Crippen molar-refractivity contribution in [2.75, 3.05) is 13.2 Å². The third-order valence-corrected chi connectivity index (χ3v) is 2.94. The molecule has 0 saturated carbocycles. The zero-order chi connectivity index (χ0) is 10.1. The van der Waals surface area contributed by atoms with Gasteiger partial charge in [0.15, 0.2) is 0 Å². The maximum absolute atomic E-state index is 5.67. The van der Waals surface area contributed by atoms with E-state index in [0.29, 0.717) is 12.1 Å². The van der Waals surface area contributed by atoms with Gasteiger partial charge in [0.25, 0.3) is 0 Å². The normalized spacial score (nSPS) is 32.1. The Morgan fingerprint density at radius 2 is 2.00 bits per heavy atom. The Kier molecular flexibility index (Phi) is 3.36. The van der Waals surface area contributed by atoms with Crippen molar-refractivity contribution in [1.82, 2.24) is 4.90 Å². The van der Waals surface area contributed by atoms with Crippen molar-refractivity contribution in [3.8, 4) is 0 Å². The minimum Gasteiger partial charge on any atom is -0.376 e. The van der Waals surface area contributed by atoms with Crippen molar-refractivity contribution < 1.29 is 4.74 Å². The molecule has 0 N–H and O–H groups in total. The second-order valence-electron chi connectivity index (χ2n) is 4.92. The zero-order valence-electron chi connectivity index (χ0n) is 9.63. The molecular weight excluding hydrogens is 162 g/mol. The molecule has 0 aromatic rings. The summed E-state index contributed by atoms with van der Waals surface area (Å²) in [6, 6.07) is 0.591. The van der Waals surface area contributed by atoms with Gasteiger partial charge in [-0.05, 0) is 34.1 Å². The summed E-state index contributed by atoms with van der Waals surface area (Å²) in [7, 11) is 0. The fraction of sp³-hybridized carbons (Fsp3) is 1.00. The summed E-state index contributed by atoms with van der Waals surface area (Å²) in [5, 5.41) is 0. The molecule has 0 bridgehead atoms. The number of hydrogen-bond donors (Lipinski definition) is 0. The van der Waals surface area contributed by atoms with Crippen LogP contribution in [-0.4, -0.2) is 35.7 Å². The number of rotatable bonds is 1. The molecule has 0 aliphatic carbocycles. The first-order chi connectivity index (χ1) is 5.96. The van der Waals surface area contributed by atoms with E-state index in [4.69, 9.17) is 4.74 Å². The van der Waals surface area contributed by atoms with Gasteiger partial charge < -0.3 is 4.74 Å². The van der Waals surface area contributed by atoms with Gasteiger partial charge in [0, 0.05) is 18.1 Å². The Bertz CT molecular complexity index is 162. The number of hydrogen-bond acceptors (Lipinski definition) is 2. The van der Waals surface area contributed by atoms with E-state index in [1.54, 1.807) is 0 Å². The molecule has 1 saturated heterocycles. The van der Waals surface area contributed by atoms with Gasteiger partial charge in [-0.25, -0.2) is 0 Å². The maximum atomic E-state index is 5.67. The SMILES string of the molecule is CCC1C(C)OCCN1C(C)(C)C. The van der Waals surface area contributed by atoms with Crippen LogP contribution in [0.5, 0.6) is 0 Å². The summed E-state index contributed by atoms with van der Waals surface area (Å²) in [6.45, 7) is 13.2. The Balaban J connectivity index is 2.70. The standard InChI is InChI=1S/C11H23NO/c1-6-10-9(2)13-8-7-12(10)11(3,4)5/h9-10H,6-8H2,1-5H3. The van der Waals surface area contributed by atoms with Crippen molar-refractivity contribution in [3.63, 3.8) is 0 Å². The molecule has 1 aliphatic rings. The van der Waals surface area contributed by atoms with Crippen LogP contribution < -0.4 is 0 Å². The van der Waals surface area contributed by atoms with Crippen molar-refractivity contribution in [2.24, 2.45) is 0 Å². The summed E-state index contributed by atoms with van der Waals surface area (Å²) < 4.78 is 5.67. The van der Waals surface area contributed by atoms with Crippen LogP contribution in [0.15, 0.2) is 0 Å². The Hall–Kier alpha value is -0.0800. The van der Waals surface area contributed by atoms with Gasteiger partial charge in [-0.1, -0.05) is 6.92 Å². The zero-order valence-corrected chi connectivity index (χ0v) is 9.63. The molecule has 0 spiro atoms. The molecular formula is C11H23NO. The molecule has 78 valence electrons. The van der Waals surface area contributed by atoms with Crippen LogP contribution in [0.1, 0.15) is 41.0 Å². The minimum absolute atomic E-state index is 0.277. The quantitative estimate of drug-likeness (QED) is 0.621. The van der Waals surface area contributed by atoms with Crippen molar-refractivity contribution >= 4 is 0 Å². The lowest BCUT2D eigenvalue weighted by molar-refractivity contribution is -0.0943. The molecule has 0 amide bonds. The van der Waals surface area contributed by atoms with Crippen LogP contribution in [0.3, 0.4) is 0 Å². The second kappa shape index (κ2) is 3.97. The highest BCUT2D eigenvalue weighted by atomic mass is 16.5. The lowest BCUT2D eigenvalue weighted by Gasteiger charge is -2.47. The summed E-state index contributed by atoms with van der Waals surface area (Å²) in [5.74, 6) is 0. The highest BCUT2D eigenvalue weighted by molar-refractivity contribution is 4.88. The average molecular weight is 185 g/mol. The van der Waals surface area contributed by atoms with E-state index < -0.39 is 0 Å². The topological polar surface area (TPSA) is 12.5 Å². The largest absolute Gasteiger partial charge is 0.376 e. The summed E-state index contributed by atoms with van der Waals surface area (Å²) in [6.07, 6.45) is 1.57. The smallest absolute Gasteiger partial charge is 0.0702 e. The van der Waals surface area contributed by atoms with Crippen LogP contribution in [0.4, 0.5) is 0 Å². The van der Waals surface area contributed by atoms with Gasteiger partial charge in [0.05, 0.1) is 12.7 Å². The molecule has 2 unspecified atom stereocenters. The predicted octanol–water partition coefficient (Wildman–Crippen LogP) is 2.28. The molecule has 13 heavy (non-hydrogen) atoms. The van der Waals surface area contributed by atoms with Crippen LogP contribution in [0.25, 0.3) is 0 Å². The van der Waals surface area contributed by atoms with E-state index in [2.05, 4.69) is 39.5 Å². The molecule has 0 aromatic carbocycles. The fourth-order valence-electron chi connectivity index (χ4n) is 2.25. The molecule has 1 heterocycles. The highest BCUT2D eigenvalue weighted by Crippen LogP contribution is 2.25. The number of nitrogens with zero attached hydrogens (tertiary/aromatic N) is 1. The first kappa shape index (κ1) is 11.0. The first-order valence-corrected chi connectivity index (χ1v) is 5.35. The van der Waals surface area contributed by atoms with Crippen LogP contribution in [-0.2, 0) is 4.74 Å². The average Bonchev–Trinajstić information content (AvgIpc) is 2.02. The maximum Gasteiger partial charge on any atom is 0.0702 e. The van der Waals surface area contributed by atoms with Crippen LogP contribution >= 0.6 is 0 Å². The lowest BCUT2D eigenvalue weighted by atomic mass is 9.97. The molecule has 0 radical (unpaired) electrons. The summed E-state index contributed by atoms with van der Waals surface area (Å²) in [4.78, 5) is 2.57. The molecule has 1 rings (SSSR count). The van der Waals surface area contributed by atoms with Crippen molar-refractivity contribution in [2.45, 2.75) is 58.7 Å². The molecule has 1 fully saturated rings. The monoisotopic (exact) mass is 185 g/mol. The second-order valence-corrected chi connectivity index (χ2v) is 4.92. The highest BCUT2D eigenvalue weighted by Gasteiger charge is 2.34. The molecule has 2 atom stereocenters. The molecule has 1 aliphatic heterocycles. The van der Waals surface area contributed by atoms with Gasteiger partial charge >= 0.3 is 0 Å². The summed E-state index contributed by atoms with van der Waals surface area (Å²) in [5.41, 5.74) is 0.277. The first-order valence-electron chi connectivity index (χ1n) is 5.35. The van der Waals surface area contributed by atoms with E-state index in [-0.39, 0.29) is 5.54 Å². The lowest BCUT2D eigenvalue weighted by Crippen LogP contribution is -2.57. The van der Waals surface area contributed by atoms with Gasteiger partial charge in [-0.15, -0.1) is 0 Å². The summed E-state index contributed by atoms with van der Waals surface area (Å²) >= 11 is 0. The third-order valence-electron chi connectivity index (χ3n) is 2.94. The van der Waals surface area contributed by atoms with E-state index in [1.165, 1.54) is 6.42 Å². The van der Waals surface area contributed by atoms with Gasteiger partial charge in [-0.2, -0.15) is 0 Å². The Morgan fingerprint density at radius 1 is 1.38 bits per heavy atom. The molecule has 0 aromatic heterocycles. The molecule has 2 heteroatoms.